The van der Waals surface area contributed by atoms with Gasteiger partial charge in [0.1, 0.15) is 17.2 Å². The van der Waals surface area contributed by atoms with Gasteiger partial charge in [0.05, 0.1) is 5.75 Å². The maximum Gasteiger partial charge on any atom is 0.234 e. The molecule has 0 saturated carbocycles. The van der Waals surface area contributed by atoms with Crippen molar-refractivity contribution in [3.63, 3.8) is 0 Å². The predicted molar refractivity (Wildman–Crippen MR) is 98.9 cm³/mol. The van der Waals surface area contributed by atoms with Crippen LogP contribution in [0.15, 0.2) is 41.7 Å². The van der Waals surface area contributed by atoms with Crippen molar-refractivity contribution in [3.8, 4) is 0 Å². The van der Waals surface area contributed by atoms with Crippen molar-refractivity contribution in [2.45, 2.75) is 24.3 Å². The van der Waals surface area contributed by atoms with Gasteiger partial charge in [-0.2, -0.15) is 0 Å². The molecule has 1 aliphatic rings. The highest BCUT2D eigenvalue weighted by Crippen LogP contribution is 2.22. The monoisotopic (exact) mass is 362 g/mol. The Hall–Kier alpha value is -1.79. The SMILES string of the molecule is O=C(CSc1cc(N2CCCCC2)ncn1)Nc1ccc(Cl)cc1. The van der Waals surface area contributed by atoms with Gasteiger partial charge >= 0.3 is 0 Å². The number of benzene rings is 1. The molecular weight excluding hydrogens is 344 g/mol. The van der Waals surface area contributed by atoms with Crippen molar-refractivity contribution >= 4 is 40.8 Å². The lowest BCUT2D eigenvalue weighted by Crippen LogP contribution is -2.30. The van der Waals surface area contributed by atoms with Crippen molar-refractivity contribution in [1.82, 2.24) is 9.97 Å². The van der Waals surface area contributed by atoms with Crippen LogP contribution in [0.3, 0.4) is 0 Å². The number of hydrogen-bond donors (Lipinski definition) is 1. The Labute approximate surface area is 150 Å². The molecule has 5 nitrogen and oxygen atoms in total. The Morgan fingerprint density at radius 1 is 1.17 bits per heavy atom. The summed E-state index contributed by atoms with van der Waals surface area (Å²) in [5, 5.41) is 4.31. The van der Waals surface area contributed by atoms with Crippen LogP contribution in [0.25, 0.3) is 0 Å². The number of carbonyl (C=O) groups excluding carboxylic acids is 1. The molecule has 1 N–H and O–H groups in total. The molecule has 1 fully saturated rings. The fourth-order valence-corrected chi connectivity index (χ4v) is 3.36. The molecule has 0 unspecified atom stereocenters. The topological polar surface area (TPSA) is 58.1 Å². The number of thioether (sulfide) groups is 1. The van der Waals surface area contributed by atoms with Crippen LogP contribution in [0.1, 0.15) is 19.3 Å². The number of nitrogens with zero attached hydrogens (tertiary/aromatic N) is 3. The van der Waals surface area contributed by atoms with E-state index in [4.69, 9.17) is 11.6 Å². The van der Waals surface area contributed by atoms with E-state index in [9.17, 15) is 4.79 Å². The fourth-order valence-electron chi connectivity index (χ4n) is 2.57. The first-order valence-corrected chi connectivity index (χ1v) is 9.32. The molecule has 1 aliphatic heterocycles. The molecule has 0 aliphatic carbocycles. The Morgan fingerprint density at radius 3 is 2.67 bits per heavy atom. The molecule has 1 amide bonds. The molecule has 0 atom stereocenters. The maximum atomic E-state index is 12.0. The van der Waals surface area contributed by atoms with E-state index in [-0.39, 0.29) is 5.91 Å². The maximum absolute atomic E-state index is 12.0. The van der Waals surface area contributed by atoms with Crippen molar-refractivity contribution in [1.29, 1.82) is 0 Å². The highest BCUT2D eigenvalue weighted by Gasteiger charge is 2.13. The first-order valence-electron chi connectivity index (χ1n) is 7.96. The molecule has 24 heavy (non-hydrogen) atoms. The predicted octanol–water partition coefficient (Wildman–Crippen LogP) is 3.85. The Kier molecular flexibility index (Phi) is 5.93. The van der Waals surface area contributed by atoms with Gasteiger partial charge in [-0.1, -0.05) is 23.4 Å². The second kappa shape index (κ2) is 8.35. The average Bonchev–Trinajstić information content (AvgIpc) is 2.63. The van der Waals surface area contributed by atoms with Crippen LogP contribution in [-0.4, -0.2) is 34.7 Å². The van der Waals surface area contributed by atoms with Crippen molar-refractivity contribution in [3.05, 3.63) is 41.7 Å². The van der Waals surface area contributed by atoms with E-state index in [0.717, 1.165) is 29.6 Å². The van der Waals surface area contributed by atoms with E-state index in [1.807, 2.05) is 6.07 Å². The summed E-state index contributed by atoms with van der Waals surface area (Å²) in [5.41, 5.74) is 0.738. The highest BCUT2D eigenvalue weighted by atomic mass is 35.5. The average molecular weight is 363 g/mol. The Morgan fingerprint density at radius 2 is 1.92 bits per heavy atom. The molecule has 0 bridgehead atoms. The first-order chi connectivity index (χ1) is 11.7. The number of halogens is 1. The zero-order valence-electron chi connectivity index (χ0n) is 13.2. The van der Waals surface area contributed by atoms with Gasteiger partial charge in [0.25, 0.3) is 0 Å². The Balaban J connectivity index is 1.54. The van der Waals surface area contributed by atoms with E-state index in [2.05, 4.69) is 20.2 Å². The third-order valence-electron chi connectivity index (χ3n) is 3.79. The van der Waals surface area contributed by atoms with Crippen LogP contribution in [-0.2, 0) is 4.79 Å². The van der Waals surface area contributed by atoms with Crippen LogP contribution >= 0.6 is 23.4 Å². The van der Waals surface area contributed by atoms with Gasteiger partial charge in [0.2, 0.25) is 5.91 Å². The van der Waals surface area contributed by atoms with Gasteiger partial charge in [-0.05, 0) is 43.5 Å². The zero-order valence-corrected chi connectivity index (χ0v) is 14.8. The van der Waals surface area contributed by atoms with Gasteiger partial charge in [0, 0.05) is 29.9 Å². The van der Waals surface area contributed by atoms with Crippen LogP contribution in [0, 0.1) is 0 Å². The third-order valence-corrected chi connectivity index (χ3v) is 4.96. The smallest absolute Gasteiger partial charge is 0.234 e. The highest BCUT2D eigenvalue weighted by molar-refractivity contribution is 7.99. The van der Waals surface area contributed by atoms with Gasteiger partial charge in [0.15, 0.2) is 0 Å². The number of nitrogens with one attached hydrogen (secondary N) is 1. The quantitative estimate of drug-likeness (QED) is 0.646. The number of rotatable bonds is 5. The number of carbonyl (C=O) groups is 1. The number of hydrogen-bond acceptors (Lipinski definition) is 5. The standard InChI is InChI=1S/C17H19ClN4OS/c18-13-4-6-14(7-5-13)21-16(23)11-24-17-10-15(19-12-20-17)22-8-2-1-3-9-22/h4-7,10,12H,1-3,8-9,11H2,(H,21,23). The largest absolute Gasteiger partial charge is 0.356 e. The third kappa shape index (κ3) is 4.85. The summed E-state index contributed by atoms with van der Waals surface area (Å²) < 4.78 is 0. The second-order valence-electron chi connectivity index (χ2n) is 5.61. The molecule has 2 heterocycles. The lowest BCUT2D eigenvalue weighted by Gasteiger charge is -2.27. The van der Waals surface area contributed by atoms with E-state index in [1.165, 1.54) is 31.0 Å². The van der Waals surface area contributed by atoms with Crippen LogP contribution in [0.2, 0.25) is 5.02 Å². The minimum atomic E-state index is -0.0690. The van der Waals surface area contributed by atoms with Gasteiger partial charge < -0.3 is 10.2 Å². The number of aromatic nitrogens is 2. The molecule has 1 saturated heterocycles. The fraction of sp³-hybridized carbons (Fsp3) is 0.353. The van der Waals surface area contributed by atoms with Crippen molar-refractivity contribution in [2.75, 3.05) is 29.1 Å². The molecule has 2 aromatic rings. The minimum Gasteiger partial charge on any atom is -0.356 e. The summed E-state index contributed by atoms with van der Waals surface area (Å²) in [6.45, 7) is 2.08. The molecular formula is C17H19ClN4OS. The molecule has 1 aromatic carbocycles. The van der Waals surface area contributed by atoms with E-state index in [1.54, 1.807) is 30.6 Å². The molecule has 3 rings (SSSR count). The van der Waals surface area contributed by atoms with Crippen LogP contribution < -0.4 is 10.2 Å². The molecule has 0 spiro atoms. The van der Waals surface area contributed by atoms with Gasteiger partial charge in [-0.3, -0.25) is 4.79 Å². The second-order valence-corrected chi connectivity index (χ2v) is 7.04. The lowest BCUT2D eigenvalue weighted by atomic mass is 10.1. The van der Waals surface area contributed by atoms with Crippen molar-refractivity contribution < 1.29 is 4.79 Å². The molecule has 126 valence electrons. The lowest BCUT2D eigenvalue weighted by molar-refractivity contribution is -0.113. The van der Waals surface area contributed by atoms with Gasteiger partial charge in [-0.15, -0.1) is 0 Å². The molecule has 1 aromatic heterocycles. The zero-order chi connectivity index (χ0) is 16.8. The van der Waals surface area contributed by atoms with Crippen molar-refractivity contribution in [2.24, 2.45) is 0 Å². The normalized spacial score (nSPS) is 14.5. The van der Waals surface area contributed by atoms with E-state index in [0.29, 0.717) is 10.8 Å². The van der Waals surface area contributed by atoms with Gasteiger partial charge in [-0.25, -0.2) is 9.97 Å². The minimum absolute atomic E-state index is 0.0690. The molecule has 0 radical (unpaired) electrons. The number of amides is 1. The number of anilines is 2. The Bertz CT molecular complexity index is 689. The number of piperidine rings is 1. The summed E-state index contributed by atoms with van der Waals surface area (Å²) >= 11 is 7.25. The van der Waals surface area contributed by atoms with Crippen LogP contribution in [0.5, 0.6) is 0 Å². The van der Waals surface area contributed by atoms with Crippen LogP contribution in [0.4, 0.5) is 11.5 Å². The van der Waals surface area contributed by atoms with E-state index < -0.39 is 0 Å². The first kappa shape index (κ1) is 17.0. The summed E-state index contributed by atoms with van der Waals surface area (Å²) in [7, 11) is 0. The molecule has 7 heteroatoms. The summed E-state index contributed by atoms with van der Waals surface area (Å²) in [4.78, 5) is 22.9. The summed E-state index contributed by atoms with van der Waals surface area (Å²) in [6.07, 6.45) is 5.27. The summed E-state index contributed by atoms with van der Waals surface area (Å²) in [5.74, 6) is 1.18. The summed E-state index contributed by atoms with van der Waals surface area (Å²) in [6, 6.07) is 9.03. The van der Waals surface area contributed by atoms with E-state index >= 15 is 0 Å².